The van der Waals surface area contributed by atoms with Gasteiger partial charge in [0, 0.05) is 24.6 Å². The lowest BCUT2D eigenvalue weighted by Gasteiger charge is -2.39. The van der Waals surface area contributed by atoms with Crippen LogP contribution in [0, 0.1) is 0 Å². The second kappa shape index (κ2) is 8.32. The van der Waals surface area contributed by atoms with Gasteiger partial charge in [-0.25, -0.2) is 0 Å². The Bertz CT molecular complexity index is 647. The lowest BCUT2D eigenvalue weighted by atomic mass is 9.99. The SMILES string of the molecule is C[C@@H]1O[C@@H](NC(=O)CCNC(=O)c2cc(O)cc(O)c2)[C@@H](O)[C@H](O)[C@@H]1O. The highest BCUT2D eigenvalue weighted by molar-refractivity contribution is 5.95. The summed E-state index contributed by atoms with van der Waals surface area (Å²) in [6.07, 6.45) is -6.32. The molecule has 1 heterocycles. The van der Waals surface area contributed by atoms with Crippen molar-refractivity contribution in [2.45, 2.75) is 44.0 Å². The number of benzene rings is 1. The standard InChI is InChI=1S/C16H22N2O8/c1-7-12(22)13(23)14(24)16(26-7)18-11(21)2-3-17-15(25)8-4-9(19)6-10(20)5-8/h4-7,12-14,16,19-20,22-24H,2-3H2,1H3,(H,17,25)(H,18,21)/t7-,12+,13+,14-,16+/m0/s1. The number of carbonyl (C=O) groups excluding carboxylic acids is 2. The topological polar surface area (TPSA) is 169 Å². The van der Waals surface area contributed by atoms with Crippen LogP contribution in [0.4, 0.5) is 0 Å². The van der Waals surface area contributed by atoms with Gasteiger partial charge in [0.25, 0.3) is 5.91 Å². The summed E-state index contributed by atoms with van der Waals surface area (Å²) in [5, 5.41) is 52.6. The Balaban J connectivity index is 1.81. The van der Waals surface area contributed by atoms with E-state index < -0.39 is 42.5 Å². The van der Waals surface area contributed by atoms with Gasteiger partial charge in [0.15, 0.2) is 6.23 Å². The molecule has 1 aromatic rings. The molecule has 0 unspecified atom stereocenters. The Morgan fingerprint density at radius 2 is 1.65 bits per heavy atom. The van der Waals surface area contributed by atoms with Gasteiger partial charge in [-0.15, -0.1) is 0 Å². The van der Waals surface area contributed by atoms with E-state index in [4.69, 9.17) is 4.74 Å². The van der Waals surface area contributed by atoms with Crippen molar-refractivity contribution in [2.24, 2.45) is 0 Å². The highest BCUT2D eigenvalue weighted by Crippen LogP contribution is 2.20. The maximum absolute atomic E-state index is 11.9. The fourth-order valence-electron chi connectivity index (χ4n) is 2.52. The number of amides is 2. The number of phenolic OH excluding ortho intramolecular Hbond substituents is 2. The van der Waals surface area contributed by atoms with E-state index in [-0.39, 0.29) is 30.0 Å². The summed E-state index contributed by atoms with van der Waals surface area (Å²) in [5.74, 6) is -1.69. The number of nitrogens with one attached hydrogen (secondary N) is 2. The fraction of sp³-hybridized carbons (Fsp3) is 0.500. The van der Waals surface area contributed by atoms with Crippen molar-refractivity contribution in [3.63, 3.8) is 0 Å². The minimum Gasteiger partial charge on any atom is -0.508 e. The summed E-state index contributed by atoms with van der Waals surface area (Å²) in [4.78, 5) is 23.8. The van der Waals surface area contributed by atoms with Gasteiger partial charge in [-0.05, 0) is 19.1 Å². The van der Waals surface area contributed by atoms with Crippen LogP contribution in [-0.2, 0) is 9.53 Å². The molecule has 10 nitrogen and oxygen atoms in total. The maximum Gasteiger partial charge on any atom is 0.251 e. The summed E-state index contributed by atoms with van der Waals surface area (Å²) < 4.78 is 5.24. The number of hydrogen-bond donors (Lipinski definition) is 7. The molecule has 5 atom stereocenters. The minimum atomic E-state index is -1.49. The highest BCUT2D eigenvalue weighted by atomic mass is 16.5. The third-order valence-corrected chi connectivity index (χ3v) is 3.96. The van der Waals surface area contributed by atoms with Crippen LogP contribution < -0.4 is 10.6 Å². The molecule has 1 aliphatic rings. The van der Waals surface area contributed by atoms with Crippen LogP contribution in [0.3, 0.4) is 0 Å². The smallest absolute Gasteiger partial charge is 0.251 e. The monoisotopic (exact) mass is 370 g/mol. The molecule has 2 amide bonds. The Labute approximate surface area is 149 Å². The molecular weight excluding hydrogens is 348 g/mol. The lowest BCUT2D eigenvalue weighted by Crippen LogP contribution is -2.61. The van der Waals surface area contributed by atoms with Gasteiger partial charge in [0.05, 0.1) is 6.10 Å². The van der Waals surface area contributed by atoms with Crippen LogP contribution in [0.5, 0.6) is 11.5 Å². The molecule has 0 aromatic heterocycles. The van der Waals surface area contributed by atoms with E-state index >= 15 is 0 Å². The number of phenols is 2. The highest BCUT2D eigenvalue weighted by Gasteiger charge is 2.42. The zero-order valence-corrected chi connectivity index (χ0v) is 14.0. The Hall–Kier alpha value is -2.40. The van der Waals surface area contributed by atoms with Gasteiger partial charge in [-0.2, -0.15) is 0 Å². The average Bonchev–Trinajstić information content (AvgIpc) is 2.56. The zero-order valence-electron chi connectivity index (χ0n) is 14.0. The second-order valence-electron chi connectivity index (χ2n) is 6.05. The first-order chi connectivity index (χ1) is 12.2. The molecule has 0 bridgehead atoms. The first-order valence-electron chi connectivity index (χ1n) is 7.99. The number of aliphatic hydroxyl groups is 3. The first kappa shape index (κ1) is 19.9. The molecule has 10 heteroatoms. The Morgan fingerprint density at radius 1 is 1.04 bits per heavy atom. The van der Waals surface area contributed by atoms with Crippen molar-refractivity contribution < 1.29 is 39.9 Å². The number of aliphatic hydroxyl groups excluding tert-OH is 3. The Morgan fingerprint density at radius 3 is 2.27 bits per heavy atom. The van der Waals surface area contributed by atoms with Gasteiger partial charge < -0.3 is 40.9 Å². The van der Waals surface area contributed by atoms with Crippen LogP contribution in [-0.4, -0.2) is 74.5 Å². The molecule has 26 heavy (non-hydrogen) atoms. The fourth-order valence-corrected chi connectivity index (χ4v) is 2.52. The van der Waals surface area contributed by atoms with E-state index in [1.54, 1.807) is 0 Å². The number of carbonyl (C=O) groups is 2. The normalized spacial score (nSPS) is 28.4. The second-order valence-corrected chi connectivity index (χ2v) is 6.05. The van der Waals surface area contributed by atoms with Gasteiger partial charge in [-0.1, -0.05) is 0 Å². The number of hydrogen-bond acceptors (Lipinski definition) is 8. The molecule has 1 aliphatic heterocycles. The molecule has 0 aliphatic carbocycles. The summed E-state index contributed by atoms with van der Waals surface area (Å²) in [5.41, 5.74) is 0.0277. The molecule has 7 N–H and O–H groups in total. The minimum absolute atomic E-state index is 0.0277. The van der Waals surface area contributed by atoms with E-state index in [2.05, 4.69) is 10.6 Å². The zero-order chi connectivity index (χ0) is 19.4. The molecule has 2 rings (SSSR count). The van der Waals surface area contributed by atoms with Crippen LogP contribution in [0.1, 0.15) is 23.7 Å². The molecule has 0 saturated carbocycles. The van der Waals surface area contributed by atoms with E-state index in [0.29, 0.717) is 0 Å². The molecule has 1 aromatic carbocycles. The molecule has 144 valence electrons. The van der Waals surface area contributed by atoms with Crippen LogP contribution in [0.15, 0.2) is 18.2 Å². The quantitative estimate of drug-likeness (QED) is 0.317. The van der Waals surface area contributed by atoms with Gasteiger partial charge in [0.2, 0.25) is 5.91 Å². The van der Waals surface area contributed by atoms with Gasteiger partial charge in [0.1, 0.15) is 29.8 Å². The van der Waals surface area contributed by atoms with E-state index in [9.17, 15) is 35.1 Å². The van der Waals surface area contributed by atoms with Gasteiger partial charge in [-0.3, -0.25) is 9.59 Å². The summed E-state index contributed by atoms with van der Waals surface area (Å²) in [6.45, 7) is 1.44. The first-order valence-corrected chi connectivity index (χ1v) is 7.99. The number of rotatable bonds is 5. The van der Waals surface area contributed by atoms with Crippen LogP contribution in [0.2, 0.25) is 0 Å². The summed E-state index contributed by atoms with van der Waals surface area (Å²) in [6, 6.07) is 3.40. The van der Waals surface area contributed by atoms with E-state index in [1.165, 1.54) is 6.92 Å². The van der Waals surface area contributed by atoms with Crippen molar-refractivity contribution in [3.8, 4) is 11.5 Å². The molecule has 0 radical (unpaired) electrons. The lowest BCUT2D eigenvalue weighted by molar-refractivity contribution is -0.224. The number of ether oxygens (including phenoxy) is 1. The predicted octanol–water partition coefficient (Wildman–Crippen LogP) is -1.84. The molecular formula is C16H22N2O8. The van der Waals surface area contributed by atoms with Crippen molar-refractivity contribution >= 4 is 11.8 Å². The third kappa shape index (κ3) is 4.82. The van der Waals surface area contributed by atoms with Crippen molar-refractivity contribution in [1.82, 2.24) is 10.6 Å². The summed E-state index contributed by atoms with van der Waals surface area (Å²) >= 11 is 0. The maximum atomic E-state index is 11.9. The van der Waals surface area contributed by atoms with E-state index in [0.717, 1.165) is 18.2 Å². The molecule has 0 spiro atoms. The van der Waals surface area contributed by atoms with Crippen molar-refractivity contribution in [3.05, 3.63) is 23.8 Å². The molecule has 1 fully saturated rings. The Kier molecular flexibility index (Phi) is 6.37. The largest absolute Gasteiger partial charge is 0.508 e. The van der Waals surface area contributed by atoms with Gasteiger partial charge >= 0.3 is 0 Å². The number of aromatic hydroxyl groups is 2. The van der Waals surface area contributed by atoms with Crippen molar-refractivity contribution in [1.29, 1.82) is 0 Å². The summed E-state index contributed by atoms with van der Waals surface area (Å²) in [7, 11) is 0. The van der Waals surface area contributed by atoms with Crippen LogP contribution >= 0.6 is 0 Å². The van der Waals surface area contributed by atoms with Crippen LogP contribution in [0.25, 0.3) is 0 Å². The predicted molar refractivity (Wildman–Crippen MR) is 87.2 cm³/mol. The average molecular weight is 370 g/mol. The molecule has 1 saturated heterocycles. The third-order valence-electron chi connectivity index (χ3n) is 3.96. The van der Waals surface area contributed by atoms with Crippen molar-refractivity contribution in [2.75, 3.05) is 6.54 Å². The van der Waals surface area contributed by atoms with E-state index in [1.807, 2.05) is 0 Å².